The molecular weight excluding hydrogens is 292 g/mol. The molecule has 1 aliphatic carbocycles. The first-order valence-corrected chi connectivity index (χ1v) is 7.36. The standard InChI is InChI=1S/C15H19ClN2O3/c1-8-3-5-12(9(8)2)17-15(21)18-13-6-4-10(16)7-11(13)14(19)20/h4,6-9,12H,3,5H2,1-2H3,(H,19,20)(H2,17,18,21). The Morgan fingerprint density at radius 3 is 2.57 bits per heavy atom. The molecule has 0 saturated heterocycles. The molecule has 0 aromatic heterocycles. The predicted octanol–water partition coefficient (Wildman–Crippen LogP) is 3.59. The van der Waals surface area contributed by atoms with Gasteiger partial charge in [-0.1, -0.05) is 25.4 Å². The smallest absolute Gasteiger partial charge is 0.337 e. The summed E-state index contributed by atoms with van der Waals surface area (Å²) in [6.07, 6.45) is 2.04. The van der Waals surface area contributed by atoms with Crippen LogP contribution in [0.25, 0.3) is 0 Å². The van der Waals surface area contributed by atoms with Crippen LogP contribution in [0, 0.1) is 11.8 Å². The minimum absolute atomic E-state index is 0.0227. The molecule has 21 heavy (non-hydrogen) atoms. The average Bonchev–Trinajstić information content (AvgIpc) is 2.72. The summed E-state index contributed by atoms with van der Waals surface area (Å²) in [5, 5.41) is 15.0. The van der Waals surface area contributed by atoms with E-state index in [1.165, 1.54) is 12.1 Å². The number of carboxylic acids is 1. The van der Waals surface area contributed by atoms with E-state index in [0.717, 1.165) is 12.8 Å². The predicted molar refractivity (Wildman–Crippen MR) is 81.9 cm³/mol. The number of carbonyl (C=O) groups is 2. The number of halogens is 1. The molecule has 1 aromatic rings. The molecular formula is C15H19ClN2O3. The second-order valence-electron chi connectivity index (χ2n) is 5.61. The number of rotatable bonds is 3. The Kier molecular flexibility index (Phi) is 4.73. The number of hydrogen-bond donors (Lipinski definition) is 3. The van der Waals surface area contributed by atoms with Crippen LogP contribution in [0.1, 0.15) is 37.0 Å². The minimum atomic E-state index is -1.13. The molecule has 0 radical (unpaired) electrons. The molecule has 1 aromatic carbocycles. The van der Waals surface area contributed by atoms with Gasteiger partial charge in [0.2, 0.25) is 0 Å². The van der Waals surface area contributed by atoms with E-state index in [-0.39, 0.29) is 23.3 Å². The first kappa shape index (κ1) is 15.6. The van der Waals surface area contributed by atoms with Gasteiger partial charge in [-0.05, 0) is 42.9 Å². The zero-order valence-corrected chi connectivity index (χ0v) is 12.8. The fourth-order valence-corrected chi connectivity index (χ4v) is 2.87. The topological polar surface area (TPSA) is 78.4 Å². The third-order valence-electron chi connectivity index (χ3n) is 4.24. The second kappa shape index (κ2) is 6.35. The van der Waals surface area contributed by atoms with Crippen LogP contribution in [0.4, 0.5) is 10.5 Å². The van der Waals surface area contributed by atoms with Crippen LogP contribution in [0.3, 0.4) is 0 Å². The second-order valence-corrected chi connectivity index (χ2v) is 6.05. The van der Waals surface area contributed by atoms with Crippen molar-refractivity contribution in [1.82, 2.24) is 5.32 Å². The number of anilines is 1. The third-order valence-corrected chi connectivity index (χ3v) is 4.48. The number of benzene rings is 1. The molecule has 1 fully saturated rings. The molecule has 2 rings (SSSR count). The molecule has 1 aliphatic rings. The molecule has 3 atom stereocenters. The zero-order chi connectivity index (χ0) is 15.6. The Morgan fingerprint density at radius 2 is 2.00 bits per heavy atom. The van der Waals surface area contributed by atoms with Crippen molar-refractivity contribution in [3.63, 3.8) is 0 Å². The molecule has 2 amide bonds. The molecule has 114 valence electrons. The summed E-state index contributed by atoms with van der Waals surface area (Å²) in [7, 11) is 0. The first-order chi connectivity index (χ1) is 9.88. The van der Waals surface area contributed by atoms with Crippen molar-refractivity contribution in [2.75, 3.05) is 5.32 Å². The van der Waals surface area contributed by atoms with Crippen LogP contribution in [0.15, 0.2) is 18.2 Å². The lowest BCUT2D eigenvalue weighted by atomic mass is 9.98. The maximum absolute atomic E-state index is 12.0. The van der Waals surface area contributed by atoms with E-state index in [1.807, 2.05) is 0 Å². The fraction of sp³-hybridized carbons (Fsp3) is 0.467. The number of amides is 2. The van der Waals surface area contributed by atoms with Crippen LogP contribution < -0.4 is 10.6 Å². The van der Waals surface area contributed by atoms with Crippen molar-refractivity contribution in [3.8, 4) is 0 Å². The van der Waals surface area contributed by atoms with Crippen LogP contribution in [0.5, 0.6) is 0 Å². The lowest BCUT2D eigenvalue weighted by molar-refractivity contribution is 0.0698. The van der Waals surface area contributed by atoms with Crippen LogP contribution in [-0.2, 0) is 0 Å². The molecule has 0 spiro atoms. The normalized spacial score (nSPS) is 24.6. The summed E-state index contributed by atoms with van der Waals surface area (Å²) >= 11 is 5.78. The van der Waals surface area contributed by atoms with E-state index in [1.54, 1.807) is 6.07 Å². The quantitative estimate of drug-likeness (QED) is 0.798. The van der Waals surface area contributed by atoms with Crippen LogP contribution in [0.2, 0.25) is 5.02 Å². The fourth-order valence-electron chi connectivity index (χ4n) is 2.70. The van der Waals surface area contributed by atoms with E-state index in [0.29, 0.717) is 16.9 Å². The summed E-state index contributed by atoms with van der Waals surface area (Å²) in [6, 6.07) is 4.10. The number of nitrogens with one attached hydrogen (secondary N) is 2. The van der Waals surface area contributed by atoms with Gasteiger partial charge in [-0.15, -0.1) is 0 Å². The SMILES string of the molecule is CC1CCC(NC(=O)Nc2ccc(Cl)cc2C(=O)O)C1C. The monoisotopic (exact) mass is 310 g/mol. The molecule has 0 heterocycles. The maximum Gasteiger partial charge on any atom is 0.337 e. The van der Waals surface area contributed by atoms with Gasteiger partial charge in [0, 0.05) is 11.1 Å². The highest BCUT2D eigenvalue weighted by molar-refractivity contribution is 6.31. The van der Waals surface area contributed by atoms with E-state index in [4.69, 9.17) is 16.7 Å². The van der Waals surface area contributed by atoms with Gasteiger partial charge in [-0.2, -0.15) is 0 Å². The number of carbonyl (C=O) groups excluding carboxylic acids is 1. The molecule has 1 saturated carbocycles. The van der Waals surface area contributed by atoms with Gasteiger partial charge < -0.3 is 15.7 Å². The van der Waals surface area contributed by atoms with Gasteiger partial charge in [0.1, 0.15) is 0 Å². The van der Waals surface area contributed by atoms with E-state index in [2.05, 4.69) is 24.5 Å². The van der Waals surface area contributed by atoms with Gasteiger partial charge in [0.25, 0.3) is 0 Å². The highest BCUT2D eigenvalue weighted by Crippen LogP contribution is 2.31. The largest absolute Gasteiger partial charge is 0.478 e. The van der Waals surface area contributed by atoms with Crippen LogP contribution >= 0.6 is 11.6 Å². The van der Waals surface area contributed by atoms with E-state index < -0.39 is 5.97 Å². The zero-order valence-electron chi connectivity index (χ0n) is 12.0. The van der Waals surface area contributed by atoms with E-state index in [9.17, 15) is 9.59 Å². The first-order valence-electron chi connectivity index (χ1n) is 6.99. The Morgan fingerprint density at radius 1 is 1.29 bits per heavy atom. The molecule has 0 bridgehead atoms. The summed E-state index contributed by atoms with van der Waals surface area (Å²) in [4.78, 5) is 23.2. The number of carboxylic acid groups (broad SMARTS) is 1. The Bertz CT molecular complexity index is 562. The number of hydrogen-bond acceptors (Lipinski definition) is 2. The Balaban J connectivity index is 2.05. The van der Waals surface area contributed by atoms with Crippen molar-refractivity contribution < 1.29 is 14.7 Å². The lowest BCUT2D eigenvalue weighted by Crippen LogP contribution is -2.40. The van der Waals surface area contributed by atoms with E-state index >= 15 is 0 Å². The van der Waals surface area contributed by atoms with Crippen LogP contribution in [-0.4, -0.2) is 23.1 Å². The van der Waals surface area contributed by atoms with Crippen molar-refractivity contribution in [2.45, 2.75) is 32.7 Å². The van der Waals surface area contributed by atoms with Crippen molar-refractivity contribution in [2.24, 2.45) is 11.8 Å². The Labute approximate surface area is 128 Å². The molecule has 5 nitrogen and oxygen atoms in total. The highest BCUT2D eigenvalue weighted by atomic mass is 35.5. The van der Waals surface area contributed by atoms with Gasteiger partial charge in [-0.3, -0.25) is 0 Å². The molecule has 3 unspecified atom stereocenters. The number of aromatic carboxylic acids is 1. The lowest BCUT2D eigenvalue weighted by Gasteiger charge is -2.20. The summed E-state index contributed by atoms with van der Waals surface area (Å²) in [6.45, 7) is 4.29. The Hall–Kier alpha value is -1.75. The van der Waals surface area contributed by atoms with Gasteiger partial charge >= 0.3 is 12.0 Å². The van der Waals surface area contributed by atoms with Gasteiger partial charge in [0.05, 0.1) is 11.3 Å². The third kappa shape index (κ3) is 3.67. The van der Waals surface area contributed by atoms with Crippen molar-refractivity contribution in [1.29, 1.82) is 0 Å². The average molecular weight is 311 g/mol. The molecule has 6 heteroatoms. The summed E-state index contributed by atoms with van der Waals surface area (Å²) < 4.78 is 0. The number of urea groups is 1. The molecule has 0 aliphatic heterocycles. The molecule has 3 N–H and O–H groups in total. The summed E-state index contributed by atoms with van der Waals surface area (Å²) in [5.41, 5.74) is 0.216. The van der Waals surface area contributed by atoms with Gasteiger partial charge in [0.15, 0.2) is 0 Å². The maximum atomic E-state index is 12.0. The summed E-state index contributed by atoms with van der Waals surface area (Å²) in [5.74, 6) is -0.129. The van der Waals surface area contributed by atoms with Crippen molar-refractivity contribution >= 4 is 29.3 Å². The van der Waals surface area contributed by atoms with Gasteiger partial charge in [-0.25, -0.2) is 9.59 Å². The highest BCUT2D eigenvalue weighted by Gasteiger charge is 2.30. The van der Waals surface area contributed by atoms with Crippen molar-refractivity contribution in [3.05, 3.63) is 28.8 Å². The minimum Gasteiger partial charge on any atom is -0.478 e.